The van der Waals surface area contributed by atoms with Crippen LogP contribution in [0.5, 0.6) is 0 Å². The van der Waals surface area contributed by atoms with E-state index in [1.54, 1.807) is 0 Å². The zero-order valence-corrected chi connectivity index (χ0v) is 11.3. The predicted molar refractivity (Wildman–Crippen MR) is 77.5 cm³/mol. The minimum Gasteiger partial charge on any atom is -0.361 e. The van der Waals surface area contributed by atoms with E-state index in [2.05, 4.69) is 17.2 Å². The zero-order valence-electron chi connectivity index (χ0n) is 11.3. The number of carbonyl (C=O) groups excluding carboxylic acids is 1. The summed E-state index contributed by atoms with van der Waals surface area (Å²) in [6.45, 7) is 3.94. The molecule has 3 heteroatoms. The van der Waals surface area contributed by atoms with Gasteiger partial charge in [-0.25, -0.2) is 0 Å². The molecule has 1 saturated heterocycles. The Morgan fingerprint density at radius 1 is 1.37 bits per heavy atom. The van der Waals surface area contributed by atoms with E-state index in [9.17, 15) is 4.79 Å². The molecule has 1 aliphatic heterocycles. The number of hydrogen-bond donors (Lipinski definition) is 2. The van der Waals surface area contributed by atoms with E-state index < -0.39 is 0 Å². The van der Waals surface area contributed by atoms with Crippen molar-refractivity contribution in [3.8, 4) is 0 Å². The molecule has 3 nitrogen and oxygen atoms in total. The lowest BCUT2D eigenvalue weighted by Crippen LogP contribution is -2.33. The first-order valence-electron chi connectivity index (χ1n) is 7.08. The summed E-state index contributed by atoms with van der Waals surface area (Å²) in [4.78, 5) is 16.0. The van der Waals surface area contributed by atoms with E-state index in [4.69, 9.17) is 0 Å². The van der Waals surface area contributed by atoms with E-state index in [0.717, 1.165) is 48.8 Å². The molecule has 0 spiro atoms. The van der Waals surface area contributed by atoms with Crippen molar-refractivity contribution in [1.29, 1.82) is 0 Å². The fraction of sp³-hybridized carbons (Fsp3) is 0.438. The normalized spacial score (nSPS) is 23.0. The van der Waals surface area contributed by atoms with Crippen LogP contribution in [0, 0.1) is 5.41 Å². The molecule has 0 amide bonds. The summed E-state index contributed by atoms with van der Waals surface area (Å²) >= 11 is 0. The molecule has 1 aromatic heterocycles. The number of fused-ring (bicyclic) bond motifs is 1. The highest BCUT2D eigenvalue weighted by atomic mass is 16.1. The van der Waals surface area contributed by atoms with Gasteiger partial charge in [0.25, 0.3) is 0 Å². The average molecular weight is 256 g/mol. The van der Waals surface area contributed by atoms with Crippen LogP contribution in [0.4, 0.5) is 0 Å². The number of carbonyl (C=O) groups is 1. The van der Waals surface area contributed by atoms with Gasteiger partial charge in [0, 0.05) is 34.6 Å². The third kappa shape index (κ3) is 2.08. The Kier molecular flexibility index (Phi) is 3.15. The van der Waals surface area contributed by atoms with Crippen LogP contribution in [0.25, 0.3) is 10.9 Å². The number of aromatic amines is 1. The maximum Gasteiger partial charge on any atom is 0.170 e. The molecule has 0 unspecified atom stereocenters. The van der Waals surface area contributed by atoms with E-state index in [1.165, 1.54) is 0 Å². The first kappa shape index (κ1) is 12.4. The lowest BCUT2D eigenvalue weighted by Gasteiger charge is -2.26. The molecule has 2 heterocycles. The van der Waals surface area contributed by atoms with Gasteiger partial charge in [0.05, 0.1) is 0 Å². The van der Waals surface area contributed by atoms with E-state index >= 15 is 0 Å². The maximum atomic E-state index is 12.9. The van der Waals surface area contributed by atoms with Crippen molar-refractivity contribution in [3.63, 3.8) is 0 Å². The van der Waals surface area contributed by atoms with Crippen LogP contribution in [-0.2, 0) is 0 Å². The summed E-state index contributed by atoms with van der Waals surface area (Å²) in [5, 5.41) is 4.47. The van der Waals surface area contributed by atoms with E-state index in [1.807, 2.05) is 30.5 Å². The SMILES string of the molecule is CCC[C@]1(C(=O)c2ccc3[nH]ccc3c2)CCNC1. The molecule has 3 rings (SSSR count). The Hall–Kier alpha value is -1.61. The predicted octanol–water partition coefficient (Wildman–Crippen LogP) is 3.13. The van der Waals surface area contributed by atoms with Gasteiger partial charge in [-0.3, -0.25) is 4.79 Å². The summed E-state index contributed by atoms with van der Waals surface area (Å²) in [5.74, 6) is 0.308. The molecule has 0 aliphatic carbocycles. The van der Waals surface area contributed by atoms with Gasteiger partial charge in [0.15, 0.2) is 5.78 Å². The number of H-pyrrole nitrogens is 1. The third-order valence-electron chi connectivity index (χ3n) is 4.27. The van der Waals surface area contributed by atoms with Crippen LogP contribution < -0.4 is 5.32 Å². The van der Waals surface area contributed by atoms with E-state index in [0.29, 0.717) is 5.78 Å². The molecule has 0 saturated carbocycles. The van der Waals surface area contributed by atoms with Gasteiger partial charge < -0.3 is 10.3 Å². The molecule has 0 radical (unpaired) electrons. The van der Waals surface area contributed by atoms with Crippen LogP contribution in [-0.4, -0.2) is 23.9 Å². The molecule has 2 aromatic rings. The molecule has 1 aliphatic rings. The fourth-order valence-electron chi connectivity index (χ4n) is 3.24. The quantitative estimate of drug-likeness (QED) is 0.825. The number of nitrogens with one attached hydrogen (secondary N) is 2. The van der Waals surface area contributed by atoms with Crippen molar-refractivity contribution in [2.75, 3.05) is 13.1 Å². The molecule has 100 valence electrons. The highest BCUT2D eigenvalue weighted by Gasteiger charge is 2.40. The number of ketones is 1. The van der Waals surface area contributed by atoms with Crippen LogP contribution in [0.3, 0.4) is 0 Å². The number of aromatic nitrogens is 1. The summed E-state index contributed by atoms with van der Waals surface area (Å²) in [7, 11) is 0. The van der Waals surface area contributed by atoms with Crippen molar-refractivity contribution in [2.45, 2.75) is 26.2 Å². The highest BCUT2D eigenvalue weighted by Crippen LogP contribution is 2.35. The van der Waals surface area contributed by atoms with Crippen molar-refractivity contribution in [2.24, 2.45) is 5.41 Å². The standard InChI is InChI=1S/C16H20N2O/c1-2-6-16(7-9-17-11-16)15(19)13-3-4-14-12(10-13)5-8-18-14/h3-5,8,10,17-18H,2,6-7,9,11H2,1H3/t16-/m0/s1. The van der Waals surface area contributed by atoms with Crippen molar-refractivity contribution in [3.05, 3.63) is 36.0 Å². The number of rotatable bonds is 4. The Morgan fingerprint density at radius 3 is 3.00 bits per heavy atom. The second-order valence-corrected chi connectivity index (χ2v) is 5.57. The van der Waals surface area contributed by atoms with Gasteiger partial charge in [0.2, 0.25) is 0 Å². The largest absolute Gasteiger partial charge is 0.361 e. The summed E-state index contributed by atoms with van der Waals surface area (Å²) < 4.78 is 0. The first-order valence-corrected chi connectivity index (χ1v) is 7.08. The van der Waals surface area contributed by atoms with Crippen molar-refractivity contribution < 1.29 is 4.79 Å². The first-order chi connectivity index (χ1) is 9.25. The molecular formula is C16H20N2O. The molecule has 1 fully saturated rings. The topological polar surface area (TPSA) is 44.9 Å². The Morgan fingerprint density at radius 2 is 2.26 bits per heavy atom. The van der Waals surface area contributed by atoms with Crippen molar-refractivity contribution in [1.82, 2.24) is 10.3 Å². The van der Waals surface area contributed by atoms with Crippen LogP contribution in [0.2, 0.25) is 0 Å². The average Bonchev–Trinajstić information content (AvgIpc) is 3.06. The van der Waals surface area contributed by atoms with Crippen molar-refractivity contribution >= 4 is 16.7 Å². The van der Waals surface area contributed by atoms with E-state index in [-0.39, 0.29) is 5.41 Å². The Labute approximate surface area is 113 Å². The number of hydrogen-bond acceptors (Lipinski definition) is 2. The van der Waals surface area contributed by atoms with Crippen LogP contribution in [0.1, 0.15) is 36.5 Å². The monoisotopic (exact) mass is 256 g/mol. The summed E-state index contributed by atoms with van der Waals surface area (Å²) in [6, 6.07) is 8.00. The van der Waals surface area contributed by atoms with Crippen LogP contribution >= 0.6 is 0 Å². The minimum absolute atomic E-state index is 0.182. The molecule has 1 atom stereocenters. The van der Waals surface area contributed by atoms with Gasteiger partial charge in [-0.15, -0.1) is 0 Å². The molecule has 0 bridgehead atoms. The van der Waals surface area contributed by atoms with Crippen LogP contribution in [0.15, 0.2) is 30.5 Å². The van der Waals surface area contributed by atoms with Gasteiger partial charge in [-0.05, 0) is 43.7 Å². The molecule has 2 N–H and O–H groups in total. The lowest BCUT2D eigenvalue weighted by molar-refractivity contribution is 0.0802. The second-order valence-electron chi connectivity index (χ2n) is 5.57. The molecule has 1 aromatic carbocycles. The second kappa shape index (κ2) is 4.82. The summed E-state index contributed by atoms with van der Waals surface area (Å²) in [5.41, 5.74) is 1.76. The Bertz CT molecular complexity index is 594. The zero-order chi connectivity index (χ0) is 13.3. The summed E-state index contributed by atoms with van der Waals surface area (Å²) in [6.07, 6.45) is 4.91. The van der Waals surface area contributed by atoms with Gasteiger partial charge in [-0.1, -0.05) is 13.3 Å². The number of benzene rings is 1. The Balaban J connectivity index is 1.97. The van der Waals surface area contributed by atoms with Gasteiger partial charge >= 0.3 is 0 Å². The third-order valence-corrected chi connectivity index (χ3v) is 4.27. The minimum atomic E-state index is -0.182. The smallest absolute Gasteiger partial charge is 0.170 e. The van der Waals surface area contributed by atoms with Gasteiger partial charge in [-0.2, -0.15) is 0 Å². The van der Waals surface area contributed by atoms with Gasteiger partial charge in [0.1, 0.15) is 0 Å². The molecular weight excluding hydrogens is 236 g/mol. The highest BCUT2D eigenvalue weighted by molar-refractivity contribution is 6.03. The lowest BCUT2D eigenvalue weighted by atomic mass is 9.76. The fourth-order valence-corrected chi connectivity index (χ4v) is 3.24. The molecule has 19 heavy (non-hydrogen) atoms. The number of Topliss-reactive ketones (excluding diaryl/α,β-unsaturated/α-hetero) is 1. The maximum absolute atomic E-state index is 12.9.